The van der Waals surface area contributed by atoms with E-state index < -0.39 is 0 Å². The van der Waals surface area contributed by atoms with E-state index in [-0.39, 0.29) is 0 Å². The van der Waals surface area contributed by atoms with Crippen LogP contribution in [0.2, 0.25) is 0 Å². The van der Waals surface area contributed by atoms with Crippen LogP contribution in [0.25, 0.3) is 10.9 Å². The first-order valence-electron chi connectivity index (χ1n) is 5.91. The third-order valence-electron chi connectivity index (χ3n) is 2.67. The fourth-order valence-corrected chi connectivity index (χ4v) is 2.25. The Hall–Kier alpha value is -1.13. The van der Waals surface area contributed by atoms with E-state index in [9.17, 15) is 0 Å². The number of pyridine rings is 1. The highest BCUT2D eigenvalue weighted by Crippen LogP contribution is 2.23. The Bertz CT molecular complexity index is 516. The molecule has 1 heterocycles. The van der Waals surface area contributed by atoms with Crippen molar-refractivity contribution in [2.45, 2.75) is 11.8 Å². The molecule has 0 atom stereocenters. The van der Waals surface area contributed by atoms with E-state index in [1.165, 1.54) is 10.9 Å². The van der Waals surface area contributed by atoms with Crippen LogP contribution in [0.3, 0.4) is 0 Å². The van der Waals surface area contributed by atoms with Gasteiger partial charge in [-0.1, -0.05) is 34.1 Å². The molecule has 96 valence electrons. The van der Waals surface area contributed by atoms with Crippen LogP contribution in [0.4, 0.5) is 0 Å². The Labute approximate surface area is 115 Å². The molecule has 0 saturated carbocycles. The van der Waals surface area contributed by atoms with E-state index >= 15 is 0 Å². The van der Waals surface area contributed by atoms with Crippen LogP contribution in [0, 0.1) is 0 Å². The number of ether oxygens (including phenoxy) is 2. The zero-order valence-electron chi connectivity index (χ0n) is 10.4. The van der Waals surface area contributed by atoms with Crippen LogP contribution in [0.1, 0.15) is 12.0 Å². The lowest BCUT2D eigenvalue weighted by molar-refractivity contribution is 0.170. The molecule has 0 N–H and O–H groups in total. The topological polar surface area (TPSA) is 31.4 Å². The van der Waals surface area contributed by atoms with Crippen molar-refractivity contribution in [3.8, 4) is 5.88 Å². The van der Waals surface area contributed by atoms with E-state index in [4.69, 9.17) is 9.47 Å². The molecule has 0 spiro atoms. The van der Waals surface area contributed by atoms with Gasteiger partial charge in [0.05, 0.1) is 12.1 Å². The zero-order valence-corrected chi connectivity index (χ0v) is 11.9. The van der Waals surface area contributed by atoms with E-state index in [2.05, 4.69) is 27.0 Å². The van der Waals surface area contributed by atoms with Crippen LogP contribution >= 0.6 is 15.9 Å². The minimum atomic E-state index is 0.626. The highest BCUT2D eigenvalue weighted by molar-refractivity contribution is 9.08. The maximum atomic E-state index is 5.65. The molecule has 4 heteroatoms. The largest absolute Gasteiger partial charge is 0.478 e. The number of aromatic nitrogens is 1. The molecule has 3 nitrogen and oxygen atoms in total. The molecule has 0 unspecified atom stereocenters. The van der Waals surface area contributed by atoms with Crippen molar-refractivity contribution in [3.63, 3.8) is 0 Å². The Balaban J connectivity index is 2.18. The third-order valence-corrected chi connectivity index (χ3v) is 3.27. The molecule has 18 heavy (non-hydrogen) atoms. The highest BCUT2D eigenvalue weighted by atomic mass is 79.9. The summed E-state index contributed by atoms with van der Waals surface area (Å²) in [6.07, 6.45) is 0.870. The Morgan fingerprint density at radius 1 is 1.22 bits per heavy atom. The van der Waals surface area contributed by atoms with Gasteiger partial charge in [-0.25, -0.2) is 4.98 Å². The number of para-hydroxylation sites is 1. The molecular weight excluding hydrogens is 294 g/mol. The van der Waals surface area contributed by atoms with Crippen LogP contribution in [-0.2, 0) is 10.1 Å². The predicted octanol–water partition coefficient (Wildman–Crippen LogP) is 3.55. The molecule has 0 aliphatic heterocycles. The maximum absolute atomic E-state index is 5.65. The average molecular weight is 310 g/mol. The maximum Gasteiger partial charge on any atom is 0.214 e. The van der Waals surface area contributed by atoms with Gasteiger partial charge in [-0.3, -0.25) is 0 Å². The number of alkyl halides is 1. The Morgan fingerprint density at radius 2 is 2.06 bits per heavy atom. The molecule has 0 bridgehead atoms. The molecule has 1 aromatic heterocycles. The van der Waals surface area contributed by atoms with Crippen LogP contribution < -0.4 is 4.74 Å². The normalized spacial score (nSPS) is 10.8. The van der Waals surface area contributed by atoms with E-state index in [1.54, 1.807) is 7.11 Å². The highest BCUT2D eigenvalue weighted by Gasteiger charge is 2.05. The molecular formula is C14H16BrNO2. The smallest absolute Gasteiger partial charge is 0.214 e. The van der Waals surface area contributed by atoms with Gasteiger partial charge in [0.25, 0.3) is 0 Å². The first kappa shape index (κ1) is 13.3. The van der Waals surface area contributed by atoms with Crippen molar-refractivity contribution in [1.29, 1.82) is 0 Å². The van der Waals surface area contributed by atoms with Crippen LogP contribution in [-0.4, -0.2) is 25.3 Å². The summed E-state index contributed by atoms with van der Waals surface area (Å²) < 4.78 is 10.6. The summed E-state index contributed by atoms with van der Waals surface area (Å²) in [4.78, 5) is 4.50. The SMILES string of the molecule is COCCCOc1cc(CBr)c2ccccc2n1. The standard InChI is InChI=1S/C14H16BrNO2/c1-17-7-4-8-18-14-9-11(10-15)12-5-2-3-6-13(12)16-14/h2-3,5-6,9H,4,7-8,10H2,1H3. The van der Waals surface area contributed by atoms with Gasteiger partial charge in [-0.15, -0.1) is 0 Å². The van der Waals surface area contributed by atoms with Gasteiger partial charge < -0.3 is 9.47 Å². The Kier molecular flexibility index (Phi) is 4.96. The number of nitrogens with zero attached hydrogens (tertiary/aromatic N) is 1. The Morgan fingerprint density at radius 3 is 2.83 bits per heavy atom. The monoisotopic (exact) mass is 309 g/mol. The number of fused-ring (bicyclic) bond motifs is 1. The lowest BCUT2D eigenvalue weighted by atomic mass is 10.1. The summed E-state index contributed by atoms with van der Waals surface area (Å²) in [5, 5.41) is 1.96. The molecule has 0 aliphatic carbocycles. The minimum Gasteiger partial charge on any atom is -0.478 e. The lowest BCUT2D eigenvalue weighted by Gasteiger charge is -2.09. The molecule has 0 saturated heterocycles. The van der Waals surface area contributed by atoms with Gasteiger partial charge >= 0.3 is 0 Å². The van der Waals surface area contributed by atoms with Gasteiger partial charge in [0.15, 0.2) is 0 Å². The number of hydrogen-bond donors (Lipinski definition) is 0. The summed E-state index contributed by atoms with van der Waals surface area (Å²) in [6.45, 7) is 1.33. The second-order valence-electron chi connectivity index (χ2n) is 3.97. The van der Waals surface area contributed by atoms with Gasteiger partial charge in [0.2, 0.25) is 5.88 Å². The summed E-state index contributed by atoms with van der Waals surface area (Å²) in [7, 11) is 1.69. The molecule has 2 aromatic rings. The molecule has 1 aromatic carbocycles. The number of rotatable bonds is 6. The van der Waals surface area contributed by atoms with Crippen molar-refractivity contribution < 1.29 is 9.47 Å². The first-order chi connectivity index (χ1) is 8.85. The second kappa shape index (κ2) is 6.71. The van der Waals surface area contributed by atoms with Crippen molar-refractivity contribution >= 4 is 26.8 Å². The summed E-state index contributed by atoms with van der Waals surface area (Å²) in [6, 6.07) is 10.1. The van der Waals surface area contributed by atoms with Crippen molar-refractivity contribution in [2.24, 2.45) is 0 Å². The predicted molar refractivity (Wildman–Crippen MR) is 76.4 cm³/mol. The summed E-state index contributed by atoms with van der Waals surface area (Å²) in [5.74, 6) is 0.680. The van der Waals surface area contributed by atoms with Crippen molar-refractivity contribution in [1.82, 2.24) is 4.98 Å². The van der Waals surface area contributed by atoms with E-state index in [1.807, 2.05) is 24.3 Å². The summed E-state index contributed by atoms with van der Waals surface area (Å²) >= 11 is 3.50. The summed E-state index contributed by atoms with van der Waals surface area (Å²) in [5.41, 5.74) is 2.17. The zero-order chi connectivity index (χ0) is 12.8. The molecule has 0 fully saturated rings. The van der Waals surface area contributed by atoms with Crippen LogP contribution in [0.5, 0.6) is 5.88 Å². The number of hydrogen-bond acceptors (Lipinski definition) is 3. The van der Waals surface area contributed by atoms with Crippen LogP contribution in [0.15, 0.2) is 30.3 Å². The number of methoxy groups -OCH3 is 1. The van der Waals surface area contributed by atoms with E-state index in [0.29, 0.717) is 19.1 Å². The fraction of sp³-hybridized carbons (Fsp3) is 0.357. The van der Waals surface area contributed by atoms with Gasteiger partial charge in [-0.05, 0) is 11.6 Å². The number of benzene rings is 1. The van der Waals surface area contributed by atoms with E-state index in [0.717, 1.165) is 17.3 Å². The quantitative estimate of drug-likeness (QED) is 0.604. The van der Waals surface area contributed by atoms with Crippen molar-refractivity contribution in [2.75, 3.05) is 20.3 Å². The fourth-order valence-electron chi connectivity index (χ4n) is 1.78. The van der Waals surface area contributed by atoms with Gasteiger partial charge in [0.1, 0.15) is 0 Å². The third kappa shape index (κ3) is 3.21. The number of halogens is 1. The molecule has 0 amide bonds. The molecule has 2 rings (SSSR count). The average Bonchev–Trinajstić information content (AvgIpc) is 2.42. The van der Waals surface area contributed by atoms with Crippen molar-refractivity contribution in [3.05, 3.63) is 35.9 Å². The minimum absolute atomic E-state index is 0.626. The second-order valence-corrected chi connectivity index (χ2v) is 4.53. The van der Waals surface area contributed by atoms with Gasteiger partial charge in [-0.2, -0.15) is 0 Å². The molecule has 0 aliphatic rings. The lowest BCUT2D eigenvalue weighted by Crippen LogP contribution is -2.03. The van der Waals surface area contributed by atoms with Gasteiger partial charge in [0, 0.05) is 36.9 Å². The molecule has 0 radical (unpaired) electrons. The first-order valence-corrected chi connectivity index (χ1v) is 7.03.